The summed E-state index contributed by atoms with van der Waals surface area (Å²) in [5, 5.41) is 7.14. The molecule has 1 heterocycles. The first kappa shape index (κ1) is 14.3. The Hall–Kier alpha value is -2.14. The Balaban J connectivity index is 2.09. The molecule has 106 valence electrons. The van der Waals surface area contributed by atoms with Crippen molar-refractivity contribution in [1.82, 2.24) is 15.1 Å². The van der Waals surface area contributed by atoms with Crippen LogP contribution in [0.4, 0.5) is 0 Å². The molecule has 5 nitrogen and oxygen atoms in total. The summed E-state index contributed by atoms with van der Waals surface area (Å²) in [7, 11) is 0. The number of carbonyl (C=O) groups is 1. The zero-order valence-corrected chi connectivity index (χ0v) is 11.8. The number of carbonyl (C=O) groups excluding carboxylic acids is 1. The van der Waals surface area contributed by atoms with Gasteiger partial charge in [-0.2, -0.15) is 5.10 Å². The first-order valence-electron chi connectivity index (χ1n) is 6.71. The van der Waals surface area contributed by atoms with E-state index in [1.165, 1.54) is 0 Å². The highest BCUT2D eigenvalue weighted by molar-refractivity contribution is 5.79. The molecule has 3 N–H and O–H groups in total. The first-order chi connectivity index (χ1) is 9.59. The van der Waals surface area contributed by atoms with Gasteiger partial charge in [0.15, 0.2) is 0 Å². The van der Waals surface area contributed by atoms with Gasteiger partial charge in [0, 0.05) is 30.9 Å². The van der Waals surface area contributed by atoms with Gasteiger partial charge in [-0.25, -0.2) is 4.68 Å². The molecule has 0 saturated carbocycles. The molecule has 0 aliphatic heterocycles. The molecule has 0 fully saturated rings. The van der Waals surface area contributed by atoms with E-state index in [0.717, 1.165) is 11.3 Å². The SMILES string of the molecule is CC(N)C(C)C(=O)NCc1ccccc1-n1cccn1. The van der Waals surface area contributed by atoms with E-state index >= 15 is 0 Å². The Morgan fingerprint density at radius 2 is 2.10 bits per heavy atom. The van der Waals surface area contributed by atoms with Gasteiger partial charge in [-0.15, -0.1) is 0 Å². The second-order valence-electron chi connectivity index (χ2n) is 4.94. The topological polar surface area (TPSA) is 72.9 Å². The predicted octanol–water partition coefficient (Wildman–Crippen LogP) is 1.47. The van der Waals surface area contributed by atoms with Crippen LogP contribution in [0.1, 0.15) is 19.4 Å². The molecule has 1 aromatic carbocycles. The van der Waals surface area contributed by atoms with E-state index < -0.39 is 0 Å². The number of para-hydroxylation sites is 1. The standard InChI is InChI=1S/C15H20N4O/c1-11(12(2)16)15(20)17-10-13-6-3-4-7-14(13)19-9-5-8-18-19/h3-9,11-12H,10,16H2,1-2H3,(H,17,20). The Bertz CT molecular complexity index is 563. The lowest BCUT2D eigenvalue weighted by Crippen LogP contribution is -2.38. The van der Waals surface area contributed by atoms with Gasteiger partial charge in [0.05, 0.1) is 5.69 Å². The van der Waals surface area contributed by atoms with Crippen LogP contribution in [-0.4, -0.2) is 21.7 Å². The van der Waals surface area contributed by atoms with Crippen molar-refractivity contribution in [2.75, 3.05) is 0 Å². The average Bonchev–Trinajstić information content (AvgIpc) is 2.98. The molecule has 1 amide bonds. The second-order valence-corrected chi connectivity index (χ2v) is 4.94. The third-order valence-corrected chi connectivity index (χ3v) is 3.40. The zero-order chi connectivity index (χ0) is 14.5. The van der Waals surface area contributed by atoms with Crippen molar-refractivity contribution in [3.05, 3.63) is 48.3 Å². The summed E-state index contributed by atoms with van der Waals surface area (Å²) in [4.78, 5) is 11.9. The van der Waals surface area contributed by atoms with Crippen LogP contribution in [0, 0.1) is 5.92 Å². The normalized spacial score (nSPS) is 13.8. The molecule has 0 bridgehead atoms. The van der Waals surface area contributed by atoms with E-state index in [1.54, 1.807) is 10.9 Å². The zero-order valence-electron chi connectivity index (χ0n) is 11.8. The van der Waals surface area contributed by atoms with E-state index in [1.807, 2.05) is 50.4 Å². The molecule has 0 radical (unpaired) electrons. The van der Waals surface area contributed by atoms with Crippen LogP contribution in [0.3, 0.4) is 0 Å². The third kappa shape index (κ3) is 3.24. The van der Waals surface area contributed by atoms with Gasteiger partial charge in [0.2, 0.25) is 5.91 Å². The van der Waals surface area contributed by atoms with Crippen LogP contribution < -0.4 is 11.1 Å². The molecular formula is C15H20N4O. The van der Waals surface area contributed by atoms with Crippen LogP contribution in [0.25, 0.3) is 5.69 Å². The second kappa shape index (κ2) is 6.34. The number of benzene rings is 1. The molecule has 2 atom stereocenters. The van der Waals surface area contributed by atoms with Crippen molar-refractivity contribution in [3.8, 4) is 5.69 Å². The Labute approximate surface area is 118 Å². The minimum Gasteiger partial charge on any atom is -0.352 e. The molecule has 0 aliphatic rings. The van der Waals surface area contributed by atoms with Crippen LogP contribution in [-0.2, 0) is 11.3 Å². The molecule has 2 rings (SSSR count). The Morgan fingerprint density at radius 3 is 2.75 bits per heavy atom. The van der Waals surface area contributed by atoms with Crippen molar-refractivity contribution in [2.45, 2.75) is 26.4 Å². The van der Waals surface area contributed by atoms with Gasteiger partial charge >= 0.3 is 0 Å². The van der Waals surface area contributed by atoms with Crippen molar-refractivity contribution < 1.29 is 4.79 Å². The molecular weight excluding hydrogens is 252 g/mol. The average molecular weight is 272 g/mol. The maximum Gasteiger partial charge on any atom is 0.224 e. The number of nitrogens with two attached hydrogens (primary N) is 1. The number of aromatic nitrogens is 2. The lowest BCUT2D eigenvalue weighted by molar-refractivity contribution is -0.125. The molecule has 1 aromatic heterocycles. The largest absolute Gasteiger partial charge is 0.352 e. The fraction of sp³-hybridized carbons (Fsp3) is 0.333. The molecule has 0 saturated heterocycles. The van der Waals surface area contributed by atoms with Crippen LogP contribution in [0.2, 0.25) is 0 Å². The van der Waals surface area contributed by atoms with Gasteiger partial charge in [-0.3, -0.25) is 4.79 Å². The van der Waals surface area contributed by atoms with E-state index in [0.29, 0.717) is 6.54 Å². The molecule has 2 unspecified atom stereocenters. The molecule has 20 heavy (non-hydrogen) atoms. The predicted molar refractivity (Wildman–Crippen MR) is 78.2 cm³/mol. The summed E-state index contributed by atoms with van der Waals surface area (Å²) in [5.74, 6) is -0.234. The molecule has 2 aromatic rings. The van der Waals surface area contributed by atoms with E-state index in [4.69, 9.17) is 5.73 Å². The number of hydrogen-bond acceptors (Lipinski definition) is 3. The number of hydrogen-bond donors (Lipinski definition) is 2. The maximum absolute atomic E-state index is 11.9. The van der Waals surface area contributed by atoms with Gasteiger partial charge in [0.25, 0.3) is 0 Å². The van der Waals surface area contributed by atoms with Crippen LogP contribution in [0.5, 0.6) is 0 Å². The van der Waals surface area contributed by atoms with Gasteiger partial charge in [-0.05, 0) is 24.6 Å². The summed E-state index contributed by atoms with van der Waals surface area (Å²) in [6.07, 6.45) is 3.61. The third-order valence-electron chi connectivity index (χ3n) is 3.40. The first-order valence-corrected chi connectivity index (χ1v) is 6.71. The minimum atomic E-state index is -0.202. The van der Waals surface area contributed by atoms with Gasteiger partial charge in [0.1, 0.15) is 0 Å². The van der Waals surface area contributed by atoms with E-state index in [9.17, 15) is 4.79 Å². The smallest absolute Gasteiger partial charge is 0.224 e. The maximum atomic E-state index is 11.9. The highest BCUT2D eigenvalue weighted by Gasteiger charge is 2.16. The van der Waals surface area contributed by atoms with E-state index in [-0.39, 0.29) is 17.9 Å². The van der Waals surface area contributed by atoms with Crippen LogP contribution >= 0.6 is 0 Å². The minimum absolute atomic E-state index is 0.0322. The summed E-state index contributed by atoms with van der Waals surface area (Å²) in [5.41, 5.74) is 7.72. The summed E-state index contributed by atoms with van der Waals surface area (Å²) in [6.45, 7) is 4.13. The summed E-state index contributed by atoms with van der Waals surface area (Å²) in [6, 6.07) is 9.57. The van der Waals surface area contributed by atoms with Gasteiger partial charge < -0.3 is 11.1 Å². The van der Waals surface area contributed by atoms with E-state index in [2.05, 4.69) is 10.4 Å². The Morgan fingerprint density at radius 1 is 1.35 bits per heavy atom. The number of nitrogens with zero attached hydrogens (tertiary/aromatic N) is 2. The molecule has 5 heteroatoms. The lowest BCUT2D eigenvalue weighted by atomic mass is 10.0. The fourth-order valence-corrected chi connectivity index (χ4v) is 1.88. The molecule has 0 aliphatic carbocycles. The Kier molecular flexibility index (Phi) is 4.53. The van der Waals surface area contributed by atoms with Crippen molar-refractivity contribution in [2.24, 2.45) is 11.7 Å². The quantitative estimate of drug-likeness (QED) is 0.865. The summed E-state index contributed by atoms with van der Waals surface area (Å²) >= 11 is 0. The monoisotopic (exact) mass is 272 g/mol. The van der Waals surface area contributed by atoms with Crippen molar-refractivity contribution in [3.63, 3.8) is 0 Å². The lowest BCUT2D eigenvalue weighted by Gasteiger charge is -2.16. The van der Waals surface area contributed by atoms with Crippen molar-refractivity contribution in [1.29, 1.82) is 0 Å². The number of amides is 1. The molecule has 0 spiro atoms. The summed E-state index contributed by atoms with van der Waals surface area (Å²) < 4.78 is 1.79. The number of nitrogens with one attached hydrogen (secondary N) is 1. The van der Waals surface area contributed by atoms with Crippen molar-refractivity contribution >= 4 is 5.91 Å². The number of rotatable bonds is 5. The highest BCUT2D eigenvalue weighted by Crippen LogP contribution is 2.13. The van der Waals surface area contributed by atoms with Gasteiger partial charge in [-0.1, -0.05) is 25.1 Å². The highest BCUT2D eigenvalue weighted by atomic mass is 16.1. The fourth-order valence-electron chi connectivity index (χ4n) is 1.88. The van der Waals surface area contributed by atoms with Crippen LogP contribution in [0.15, 0.2) is 42.7 Å².